The van der Waals surface area contributed by atoms with Gasteiger partial charge in [0, 0.05) is 18.7 Å². The van der Waals surface area contributed by atoms with Crippen LogP contribution < -0.4 is 9.04 Å². The normalized spacial score (nSPS) is 12.9. The molecule has 10 heteroatoms. The lowest BCUT2D eigenvalue weighted by molar-refractivity contribution is -0.143. The van der Waals surface area contributed by atoms with E-state index < -0.39 is 16.2 Å². The number of aromatic nitrogens is 1. The van der Waals surface area contributed by atoms with Crippen molar-refractivity contribution in [2.45, 2.75) is 40.3 Å². The van der Waals surface area contributed by atoms with Crippen molar-refractivity contribution in [2.75, 3.05) is 24.0 Å². The Bertz CT molecular complexity index is 1610. The third-order valence-electron chi connectivity index (χ3n) is 6.91. The van der Waals surface area contributed by atoms with E-state index in [2.05, 4.69) is 4.98 Å². The minimum atomic E-state index is -3.99. The van der Waals surface area contributed by atoms with Crippen LogP contribution in [0.1, 0.15) is 35.1 Å². The first-order valence-corrected chi connectivity index (χ1v) is 14.9. The lowest BCUT2D eigenvalue weighted by atomic mass is 10.1. The molecule has 9 nitrogen and oxygen atoms in total. The zero-order valence-corrected chi connectivity index (χ0v) is 24.2. The number of rotatable bonds is 11. The second kappa shape index (κ2) is 12.2. The molecule has 0 aliphatic carbocycles. The summed E-state index contributed by atoms with van der Waals surface area (Å²) in [7, 11) is -3.99. The average Bonchev–Trinajstić information content (AvgIpc) is 3.57. The Morgan fingerprint density at radius 3 is 2.49 bits per heavy atom. The molecule has 0 fully saturated rings. The van der Waals surface area contributed by atoms with E-state index in [0.717, 1.165) is 21.0 Å². The smallest absolute Gasteiger partial charge is 0.321 e. The number of para-hydroxylation sites is 1. The predicted octanol–water partition coefficient (Wildman–Crippen LogP) is 5.21. The fourth-order valence-corrected chi connectivity index (χ4v) is 6.29. The van der Waals surface area contributed by atoms with Crippen LogP contribution in [-0.4, -0.2) is 43.4 Å². The number of hydrogen-bond acceptors (Lipinski definition) is 7. The maximum Gasteiger partial charge on any atom is 0.321 e. The Morgan fingerprint density at radius 1 is 1.02 bits per heavy atom. The van der Waals surface area contributed by atoms with Crippen LogP contribution in [0.5, 0.6) is 5.75 Å². The van der Waals surface area contributed by atoms with Gasteiger partial charge in [0.1, 0.15) is 30.4 Å². The standard InChI is InChI=1S/C31H33N3O6S/c1-4-38-30(35)20-33(41(36,37)34-18-17-25-7-5-6-8-29(25)34)19-24-11-15-27(16-12-24)39-21-28-23(3)40-31(32-28)26-13-9-22(2)10-14-26/h5-16H,4,17-21H2,1-3H3. The van der Waals surface area contributed by atoms with Gasteiger partial charge in [-0.05, 0) is 68.7 Å². The van der Waals surface area contributed by atoms with E-state index in [1.807, 2.05) is 56.3 Å². The van der Waals surface area contributed by atoms with Gasteiger partial charge >= 0.3 is 16.2 Å². The van der Waals surface area contributed by atoms with Crippen LogP contribution in [0, 0.1) is 13.8 Å². The summed E-state index contributed by atoms with van der Waals surface area (Å²) in [4.78, 5) is 17.0. The number of ether oxygens (including phenoxy) is 2. The molecule has 0 saturated carbocycles. The first-order valence-electron chi connectivity index (χ1n) is 13.5. The van der Waals surface area contributed by atoms with Gasteiger partial charge in [0.2, 0.25) is 5.89 Å². The summed E-state index contributed by atoms with van der Waals surface area (Å²) in [5, 5.41) is 0. The number of nitrogens with zero attached hydrogens (tertiary/aromatic N) is 3. The molecule has 0 spiro atoms. The van der Waals surface area contributed by atoms with Crippen molar-refractivity contribution in [3.05, 3.63) is 101 Å². The molecule has 1 aliphatic heterocycles. The second-order valence-electron chi connectivity index (χ2n) is 9.85. The molecule has 0 N–H and O–H groups in total. The lowest BCUT2D eigenvalue weighted by Gasteiger charge is -2.28. The fraction of sp³-hybridized carbons (Fsp3) is 0.290. The number of carbonyl (C=O) groups is 1. The summed E-state index contributed by atoms with van der Waals surface area (Å²) in [6.07, 6.45) is 0.617. The van der Waals surface area contributed by atoms with Gasteiger partial charge in [0.05, 0.1) is 12.3 Å². The maximum atomic E-state index is 13.7. The van der Waals surface area contributed by atoms with Gasteiger partial charge in [0.15, 0.2) is 0 Å². The minimum Gasteiger partial charge on any atom is -0.487 e. The number of anilines is 1. The van der Waals surface area contributed by atoms with Gasteiger partial charge in [-0.3, -0.25) is 9.10 Å². The average molecular weight is 576 g/mol. The number of esters is 1. The molecule has 1 aromatic heterocycles. The molecule has 0 saturated heterocycles. The first kappa shape index (κ1) is 28.4. The summed E-state index contributed by atoms with van der Waals surface area (Å²) >= 11 is 0. The largest absolute Gasteiger partial charge is 0.487 e. The van der Waals surface area contributed by atoms with Gasteiger partial charge < -0.3 is 13.9 Å². The van der Waals surface area contributed by atoms with Crippen LogP contribution in [0.15, 0.2) is 77.2 Å². The van der Waals surface area contributed by atoms with E-state index in [9.17, 15) is 13.2 Å². The summed E-state index contributed by atoms with van der Waals surface area (Å²) in [5.41, 5.74) is 5.06. The molecule has 41 heavy (non-hydrogen) atoms. The molecule has 3 aromatic carbocycles. The third-order valence-corrected chi connectivity index (χ3v) is 8.76. The maximum absolute atomic E-state index is 13.7. The summed E-state index contributed by atoms with van der Waals surface area (Å²) in [5.74, 6) is 1.22. The number of carbonyl (C=O) groups excluding carboxylic acids is 1. The van der Waals surface area contributed by atoms with Crippen molar-refractivity contribution in [1.29, 1.82) is 0 Å². The topological polar surface area (TPSA) is 102 Å². The van der Waals surface area contributed by atoms with Crippen molar-refractivity contribution >= 4 is 21.9 Å². The Kier molecular flexibility index (Phi) is 8.41. The quantitative estimate of drug-likeness (QED) is 0.226. The highest BCUT2D eigenvalue weighted by Gasteiger charge is 2.35. The van der Waals surface area contributed by atoms with Gasteiger partial charge in [-0.15, -0.1) is 0 Å². The monoisotopic (exact) mass is 575 g/mol. The third kappa shape index (κ3) is 6.44. The zero-order chi connectivity index (χ0) is 29.0. The SMILES string of the molecule is CCOC(=O)CN(Cc1ccc(OCc2nc(-c3ccc(C)cc3)oc2C)cc1)S(=O)(=O)N1CCc2ccccc21. The van der Waals surface area contributed by atoms with Crippen molar-refractivity contribution < 1.29 is 27.1 Å². The highest BCUT2D eigenvalue weighted by molar-refractivity contribution is 7.90. The van der Waals surface area contributed by atoms with E-state index in [4.69, 9.17) is 13.9 Å². The summed E-state index contributed by atoms with van der Waals surface area (Å²) in [6.45, 7) is 5.89. The van der Waals surface area contributed by atoms with Gasteiger partial charge in [-0.2, -0.15) is 12.7 Å². The van der Waals surface area contributed by atoms with Crippen LogP contribution in [-0.2, 0) is 39.3 Å². The van der Waals surface area contributed by atoms with E-state index >= 15 is 0 Å². The van der Waals surface area contributed by atoms with Crippen molar-refractivity contribution in [3.8, 4) is 17.2 Å². The van der Waals surface area contributed by atoms with Crippen LogP contribution >= 0.6 is 0 Å². The van der Waals surface area contributed by atoms with Crippen LogP contribution in [0.25, 0.3) is 11.5 Å². The molecule has 2 heterocycles. The van der Waals surface area contributed by atoms with Crippen LogP contribution in [0.3, 0.4) is 0 Å². The van der Waals surface area contributed by atoms with E-state index in [0.29, 0.717) is 47.3 Å². The number of fused-ring (bicyclic) bond motifs is 1. The first-order chi connectivity index (χ1) is 19.7. The molecule has 5 rings (SSSR count). The summed E-state index contributed by atoms with van der Waals surface area (Å²) < 4.78 is 46.8. The molecule has 214 valence electrons. The van der Waals surface area contributed by atoms with Gasteiger partial charge in [-0.1, -0.05) is 48.0 Å². The van der Waals surface area contributed by atoms with Gasteiger partial charge in [-0.25, -0.2) is 4.98 Å². The zero-order valence-electron chi connectivity index (χ0n) is 23.4. The molecule has 0 bridgehead atoms. The van der Waals surface area contributed by atoms with Crippen molar-refractivity contribution in [3.63, 3.8) is 0 Å². The fourth-order valence-electron chi connectivity index (χ4n) is 4.68. The van der Waals surface area contributed by atoms with E-state index in [1.54, 1.807) is 37.3 Å². The molecule has 0 radical (unpaired) electrons. The number of hydrogen-bond donors (Lipinski definition) is 0. The lowest BCUT2D eigenvalue weighted by Crippen LogP contribution is -2.45. The molecule has 0 unspecified atom stereocenters. The molecule has 0 amide bonds. The van der Waals surface area contributed by atoms with Crippen LogP contribution in [0.4, 0.5) is 5.69 Å². The minimum absolute atomic E-state index is 0.00238. The van der Waals surface area contributed by atoms with Crippen molar-refractivity contribution in [2.24, 2.45) is 0 Å². The highest BCUT2D eigenvalue weighted by Crippen LogP contribution is 2.32. The summed E-state index contributed by atoms with van der Waals surface area (Å²) in [6, 6.07) is 22.5. The Labute approximate surface area is 240 Å². The predicted molar refractivity (Wildman–Crippen MR) is 156 cm³/mol. The molecule has 4 aromatic rings. The Morgan fingerprint density at radius 2 is 1.76 bits per heavy atom. The van der Waals surface area contributed by atoms with Gasteiger partial charge in [0.25, 0.3) is 0 Å². The molecular formula is C31H33N3O6S. The molecular weight excluding hydrogens is 542 g/mol. The highest BCUT2D eigenvalue weighted by atomic mass is 32.2. The van der Waals surface area contributed by atoms with E-state index in [1.165, 1.54) is 4.31 Å². The molecule has 1 aliphatic rings. The Hall–Kier alpha value is -4.15. The van der Waals surface area contributed by atoms with Crippen LogP contribution in [0.2, 0.25) is 0 Å². The Balaban J connectivity index is 1.28. The molecule has 0 atom stereocenters. The number of oxazole rings is 1. The number of aryl methyl sites for hydroxylation is 2. The second-order valence-corrected chi connectivity index (χ2v) is 11.7. The van der Waals surface area contributed by atoms with E-state index in [-0.39, 0.29) is 26.3 Å². The van der Waals surface area contributed by atoms with Crippen molar-refractivity contribution in [1.82, 2.24) is 9.29 Å². The number of benzene rings is 3.